The van der Waals surface area contributed by atoms with Crippen LogP contribution in [0.4, 0.5) is 13.2 Å². The minimum atomic E-state index is -4.71. The molecule has 0 bridgehead atoms. The first kappa shape index (κ1) is 14.2. The molecule has 0 saturated carbocycles. The Kier molecular flexibility index (Phi) is 3.36. The second-order valence-electron chi connectivity index (χ2n) is 4.55. The van der Waals surface area contributed by atoms with Gasteiger partial charge in [0, 0.05) is 11.3 Å². The van der Waals surface area contributed by atoms with Crippen molar-refractivity contribution in [3.8, 4) is 28.6 Å². The van der Waals surface area contributed by atoms with Crippen LogP contribution < -0.4 is 4.74 Å². The fourth-order valence-electron chi connectivity index (χ4n) is 1.88. The SMILES string of the molecule is Cc1cc(-c2nc(-c3ccc(OC(F)(F)F)cc3)co2)n[nH]1. The molecule has 3 aromatic rings. The number of oxazole rings is 1. The standard InChI is InChI=1S/C14H10F3N3O2/c1-8-6-11(20-19-8)13-18-12(7-21-13)9-2-4-10(5-3-9)22-14(15,16)17/h2-7H,1H3,(H,19,20). The van der Waals surface area contributed by atoms with E-state index in [1.807, 2.05) is 6.92 Å². The first-order valence-electron chi connectivity index (χ1n) is 6.25. The molecule has 0 aliphatic heterocycles. The van der Waals surface area contributed by atoms with E-state index in [9.17, 15) is 13.2 Å². The zero-order chi connectivity index (χ0) is 15.7. The van der Waals surface area contributed by atoms with Gasteiger partial charge in [-0.3, -0.25) is 5.10 Å². The van der Waals surface area contributed by atoms with Crippen molar-refractivity contribution in [1.29, 1.82) is 0 Å². The highest BCUT2D eigenvalue weighted by molar-refractivity contribution is 5.62. The van der Waals surface area contributed by atoms with Crippen LogP contribution in [0.25, 0.3) is 22.8 Å². The van der Waals surface area contributed by atoms with Crippen LogP contribution in [0.3, 0.4) is 0 Å². The molecule has 0 amide bonds. The molecule has 5 nitrogen and oxygen atoms in total. The molecule has 114 valence electrons. The smallest absolute Gasteiger partial charge is 0.443 e. The molecule has 2 aromatic heterocycles. The second-order valence-corrected chi connectivity index (χ2v) is 4.55. The number of hydrogen-bond donors (Lipinski definition) is 1. The molecule has 0 atom stereocenters. The van der Waals surface area contributed by atoms with Crippen molar-refractivity contribution in [3.05, 3.63) is 42.3 Å². The van der Waals surface area contributed by atoms with Gasteiger partial charge >= 0.3 is 6.36 Å². The monoisotopic (exact) mass is 309 g/mol. The van der Waals surface area contributed by atoms with E-state index in [0.29, 0.717) is 22.8 Å². The molecule has 0 radical (unpaired) electrons. The minimum Gasteiger partial charge on any atom is -0.443 e. The lowest BCUT2D eigenvalue weighted by atomic mass is 10.2. The maximum absolute atomic E-state index is 12.1. The van der Waals surface area contributed by atoms with Gasteiger partial charge in [-0.15, -0.1) is 13.2 Å². The Morgan fingerprint density at radius 1 is 1.14 bits per heavy atom. The van der Waals surface area contributed by atoms with Crippen molar-refractivity contribution in [2.75, 3.05) is 0 Å². The van der Waals surface area contributed by atoms with E-state index in [0.717, 1.165) is 5.69 Å². The Balaban J connectivity index is 1.81. The van der Waals surface area contributed by atoms with Gasteiger partial charge in [-0.2, -0.15) is 5.10 Å². The van der Waals surface area contributed by atoms with Gasteiger partial charge in [0.2, 0.25) is 5.89 Å². The summed E-state index contributed by atoms with van der Waals surface area (Å²) < 4.78 is 45.4. The van der Waals surface area contributed by atoms with Crippen molar-refractivity contribution in [2.45, 2.75) is 13.3 Å². The summed E-state index contributed by atoms with van der Waals surface area (Å²) in [5, 5.41) is 6.79. The summed E-state index contributed by atoms with van der Waals surface area (Å²) in [5.41, 5.74) is 2.52. The number of aryl methyl sites for hydroxylation is 1. The van der Waals surface area contributed by atoms with Gasteiger partial charge in [0.25, 0.3) is 0 Å². The Morgan fingerprint density at radius 3 is 2.45 bits per heavy atom. The summed E-state index contributed by atoms with van der Waals surface area (Å²) in [5.74, 6) is 0.0397. The van der Waals surface area contributed by atoms with E-state index in [1.165, 1.54) is 30.5 Å². The lowest BCUT2D eigenvalue weighted by Crippen LogP contribution is -2.16. The van der Waals surface area contributed by atoms with Crippen LogP contribution >= 0.6 is 0 Å². The Hall–Kier alpha value is -2.77. The number of alkyl halides is 3. The van der Waals surface area contributed by atoms with Crippen LogP contribution in [-0.2, 0) is 0 Å². The molecular weight excluding hydrogens is 299 g/mol. The third-order valence-corrected chi connectivity index (χ3v) is 2.81. The van der Waals surface area contributed by atoms with Crippen molar-refractivity contribution >= 4 is 0 Å². The first-order chi connectivity index (χ1) is 10.4. The summed E-state index contributed by atoms with van der Waals surface area (Å²) in [6, 6.07) is 7.15. The van der Waals surface area contributed by atoms with Gasteiger partial charge in [-0.25, -0.2) is 4.98 Å². The molecule has 0 aliphatic rings. The lowest BCUT2D eigenvalue weighted by molar-refractivity contribution is -0.274. The number of halogens is 3. The summed E-state index contributed by atoms with van der Waals surface area (Å²) in [6.07, 6.45) is -3.29. The fraction of sp³-hybridized carbons (Fsp3) is 0.143. The molecule has 2 heterocycles. The lowest BCUT2D eigenvalue weighted by Gasteiger charge is -2.08. The van der Waals surface area contributed by atoms with Crippen LogP contribution in [-0.4, -0.2) is 21.5 Å². The van der Waals surface area contributed by atoms with E-state index in [2.05, 4.69) is 19.9 Å². The van der Waals surface area contributed by atoms with Crippen LogP contribution in [0.15, 0.2) is 41.0 Å². The maximum atomic E-state index is 12.1. The van der Waals surface area contributed by atoms with Gasteiger partial charge in [-0.1, -0.05) is 0 Å². The van der Waals surface area contributed by atoms with Gasteiger partial charge in [-0.05, 0) is 37.3 Å². The number of aromatic nitrogens is 3. The average molecular weight is 309 g/mol. The number of nitrogens with one attached hydrogen (secondary N) is 1. The Morgan fingerprint density at radius 2 is 1.86 bits per heavy atom. The minimum absolute atomic E-state index is 0.289. The first-order valence-corrected chi connectivity index (χ1v) is 6.25. The van der Waals surface area contributed by atoms with Crippen molar-refractivity contribution in [2.24, 2.45) is 0 Å². The average Bonchev–Trinajstić information content (AvgIpc) is 3.06. The molecule has 3 rings (SSSR count). The predicted molar refractivity (Wildman–Crippen MR) is 70.9 cm³/mol. The van der Waals surface area contributed by atoms with Crippen molar-refractivity contribution in [1.82, 2.24) is 15.2 Å². The number of ether oxygens (including phenoxy) is 1. The molecule has 0 fully saturated rings. The largest absolute Gasteiger partial charge is 0.573 e. The second kappa shape index (κ2) is 5.21. The van der Waals surface area contributed by atoms with Crippen LogP contribution in [0.5, 0.6) is 5.75 Å². The third kappa shape index (κ3) is 3.11. The summed E-state index contributed by atoms with van der Waals surface area (Å²) >= 11 is 0. The topological polar surface area (TPSA) is 63.9 Å². The molecule has 1 aromatic carbocycles. The summed E-state index contributed by atoms with van der Waals surface area (Å²) in [4.78, 5) is 4.26. The number of H-pyrrole nitrogens is 1. The van der Waals surface area contributed by atoms with Gasteiger partial charge < -0.3 is 9.15 Å². The number of rotatable bonds is 3. The number of benzene rings is 1. The van der Waals surface area contributed by atoms with Gasteiger partial charge in [0.05, 0.1) is 0 Å². The molecule has 0 spiro atoms. The number of aromatic amines is 1. The van der Waals surface area contributed by atoms with E-state index in [-0.39, 0.29) is 5.75 Å². The zero-order valence-electron chi connectivity index (χ0n) is 11.3. The Bertz CT molecular complexity index is 775. The zero-order valence-corrected chi connectivity index (χ0v) is 11.3. The fourth-order valence-corrected chi connectivity index (χ4v) is 1.88. The van der Waals surface area contributed by atoms with E-state index in [1.54, 1.807) is 6.07 Å². The highest BCUT2D eigenvalue weighted by atomic mass is 19.4. The Labute approximate surface area is 122 Å². The number of nitrogens with zero attached hydrogens (tertiary/aromatic N) is 2. The van der Waals surface area contributed by atoms with Gasteiger partial charge in [0.15, 0.2) is 0 Å². The van der Waals surface area contributed by atoms with E-state index < -0.39 is 6.36 Å². The maximum Gasteiger partial charge on any atom is 0.573 e. The molecular formula is C14H10F3N3O2. The third-order valence-electron chi connectivity index (χ3n) is 2.81. The molecule has 1 N–H and O–H groups in total. The highest BCUT2D eigenvalue weighted by Crippen LogP contribution is 2.27. The van der Waals surface area contributed by atoms with Crippen molar-refractivity contribution < 1.29 is 22.3 Å². The molecule has 0 unspecified atom stereocenters. The van der Waals surface area contributed by atoms with E-state index >= 15 is 0 Å². The molecule has 0 saturated heterocycles. The molecule has 22 heavy (non-hydrogen) atoms. The van der Waals surface area contributed by atoms with E-state index in [4.69, 9.17) is 4.42 Å². The van der Waals surface area contributed by atoms with Crippen LogP contribution in [0.1, 0.15) is 5.69 Å². The summed E-state index contributed by atoms with van der Waals surface area (Å²) in [6.45, 7) is 1.85. The molecule has 8 heteroatoms. The predicted octanol–water partition coefficient (Wildman–Crippen LogP) is 3.94. The van der Waals surface area contributed by atoms with Crippen LogP contribution in [0, 0.1) is 6.92 Å². The van der Waals surface area contributed by atoms with Crippen molar-refractivity contribution in [3.63, 3.8) is 0 Å². The van der Waals surface area contributed by atoms with Crippen LogP contribution in [0.2, 0.25) is 0 Å². The highest BCUT2D eigenvalue weighted by Gasteiger charge is 2.31. The molecule has 0 aliphatic carbocycles. The summed E-state index contributed by atoms with van der Waals surface area (Å²) in [7, 11) is 0. The normalized spacial score (nSPS) is 11.6. The number of hydrogen-bond acceptors (Lipinski definition) is 4. The van der Waals surface area contributed by atoms with Gasteiger partial charge in [0.1, 0.15) is 23.4 Å². The quantitative estimate of drug-likeness (QED) is 0.796.